The van der Waals surface area contributed by atoms with Crippen LogP contribution in [0.2, 0.25) is 0 Å². The van der Waals surface area contributed by atoms with Crippen LogP contribution in [0.3, 0.4) is 0 Å². The van der Waals surface area contributed by atoms with E-state index in [1.54, 1.807) is 0 Å². The number of aryl methyl sites for hydroxylation is 1. The average molecular weight is 312 g/mol. The smallest absolute Gasteiger partial charge is 0.0591 e. The molecule has 0 heterocycles. The number of halogens is 1. The Kier molecular flexibility index (Phi) is 5.67. The Hall–Kier alpha value is -0.380. The maximum atomic E-state index is 5.57. The Morgan fingerprint density at radius 3 is 3.11 bits per heavy atom. The van der Waals surface area contributed by atoms with Gasteiger partial charge < -0.3 is 10.1 Å². The van der Waals surface area contributed by atoms with Crippen LogP contribution in [-0.4, -0.2) is 19.8 Å². The summed E-state index contributed by atoms with van der Waals surface area (Å²) in [7, 11) is 0. The SMILES string of the molecule is CCCCOCCNC1CCc2cc(Br)ccc21. The summed E-state index contributed by atoms with van der Waals surface area (Å²) in [6.45, 7) is 4.85. The third-order valence-corrected chi connectivity index (χ3v) is 3.96. The minimum atomic E-state index is 0.517. The molecule has 1 aromatic rings. The van der Waals surface area contributed by atoms with Crippen molar-refractivity contribution in [2.24, 2.45) is 0 Å². The maximum Gasteiger partial charge on any atom is 0.0591 e. The lowest BCUT2D eigenvalue weighted by Gasteiger charge is -2.14. The summed E-state index contributed by atoms with van der Waals surface area (Å²) in [6.07, 6.45) is 4.77. The lowest BCUT2D eigenvalue weighted by atomic mass is 10.1. The van der Waals surface area contributed by atoms with Gasteiger partial charge >= 0.3 is 0 Å². The molecule has 0 radical (unpaired) electrons. The van der Waals surface area contributed by atoms with E-state index in [0.29, 0.717) is 6.04 Å². The Balaban J connectivity index is 1.73. The van der Waals surface area contributed by atoms with Crippen molar-refractivity contribution in [3.8, 4) is 0 Å². The molecule has 18 heavy (non-hydrogen) atoms. The van der Waals surface area contributed by atoms with Crippen molar-refractivity contribution in [3.05, 3.63) is 33.8 Å². The monoisotopic (exact) mass is 311 g/mol. The number of ether oxygens (including phenoxy) is 1. The van der Waals surface area contributed by atoms with Gasteiger partial charge in [-0.25, -0.2) is 0 Å². The van der Waals surface area contributed by atoms with E-state index < -0.39 is 0 Å². The van der Waals surface area contributed by atoms with Gasteiger partial charge in [-0.2, -0.15) is 0 Å². The van der Waals surface area contributed by atoms with Crippen molar-refractivity contribution >= 4 is 15.9 Å². The average Bonchev–Trinajstić information content (AvgIpc) is 2.76. The summed E-state index contributed by atoms with van der Waals surface area (Å²) in [5.41, 5.74) is 2.94. The molecule has 1 aliphatic rings. The number of rotatable bonds is 7. The Morgan fingerprint density at radius 1 is 1.39 bits per heavy atom. The summed E-state index contributed by atoms with van der Waals surface area (Å²) < 4.78 is 6.76. The quantitative estimate of drug-likeness (QED) is 0.772. The predicted octanol–water partition coefficient (Wildman–Crippen LogP) is 3.84. The fourth-order valence-corrected chi connectivity index (χ4v) is 2.86. The molecule has 0 aromatic heterocycles. The molecular weight excluding hydrogens is 290 g/mol. The maximum absolute atomic E-state index is 5.57. The zero-order valence-electron chi connectivity index (χ0n) is 11.0. The summed E-state index contributed by atoms with van der Waals surface area (Å²) in [5, 5.41) is 3.59. The molecule has 1 aliphatic carbocycles. The van der Waals surface area contributed by atoms with Gasteiger partial charge in [0.15, 0.2) is 0 Å². The van der Waals surface area contributed by atoms with Crippen molar-refractivity contribution < 1.29 is 4.74 Å². The molecule has 1 atom stereocenters. The van der Waals surface area contributed by atoms with E-state index in [0.717, 1.165) is 19.8 Å². The van der Waals surface area contributed by atoms with Gasteiger partial charge in [-0.05, 0) is 42.5 Å². The zero-order valence-corrected chi connectivity index (χ0v) is 12.6. The van der Waals surface area contributed by atoms with Crippen molar-refractivity contribution in [1.82, 2.24) is 5.32 Å². The van der Waals surface area contributed by atoms with Crippen LogP contribution in [0.5, 0.6) is 0 Å². The van der Waals surface area contributed by atoms with Crippen molar-refractivity contribution in [3.63, 3.8) is 0 Å². The molecule has 2 rings (SSSR count). The van der Waals surface area contributed by atoms with Gasteiger partial charge in [0.2, 0.25) is 0 Å². The minimum Gasteiger partial charge on any atom is -0.380 e. The van der Waals surface area contributed by atoms with E-state index >= 15 is 0 Å². The first kappa shape index (κ1) is 14.0. The Bertz CT molecular complexity index is 381. The van der Waals surface area contributed by atoms with Crippen molar-refractivity contribution in [2.75, 3.05) is 19.8 Å². The molecule has 100 valence electrons. The highest BCUT2D eigenvalue weighted by molar-refractivity contribution is 9.10. The standard InChI is InChI=1S/C15H22BrNO/c1-2-3-9-18-10-8-17-15-7-4-12-11-13(16)5-6-14(12)15/h5-6,11,15,17H,2-4,7-10H2,1H3. The predicted molar refractivity (Wildman–Crippen MR) is 78.9 cm³/mol. The first-order valence-electron chi connectivity index (χ1n) is 6.90. The van der Waals surface area contributed by atoms with Gasteiger partial charge in [0.1, 0.15) is 0 Å². The lowest BCUT2D eigenvalue weighted by Crippen LogP contribution is -2.23. The second-order valence-electron chi connectivity index (χ2n) is 4.85. The van der Waals surface area contributed by atoms with Crippen LogP contribution < -0.4 is 5.32 Å². The highest BCUT2D eigenvalue weighted by Crippen LogP contribution is 2.32. The molecule has 0 aliphatic heterocycles. The van der Waals surface area contributed by atoms with E-state index in [-0.39, 0.29) is 0 Å². The number of benzene rings is 1. The number of hydrogen-bond donors (Lipinski definition) is 1. The molecule has 0 saturated heterocycles. The van der Waals surface area contributed by atoms with Crippen LogP contribution in [0.25, 0.3) is 0 Å². The van der Waals surface area contributed by atoms with Crippen molar-refractivity contribution in [2.45, 2.75) is 38.6 Å². The summed E-state index contributed by atoms with van der Waals surface area (Å²) in [4.78, 5) is 0. The van der Waals surface area contributed by atoms with Gasteiger partial charge in [-0.15, -0.1) is 0 Å². The highest BCUT2D eigenvalue weighted by atomic mass is 79.9. The first-order chi connectivity index (χ1) is 8.81. The molecule has 0 spiro atoms. The molecule has 0 fully saturated rings. The third kappa shape index (κ3) is 3.81. The molecule has 2 nitrogen and oxygen atoms in total. The summed E-state index contributed by atoms with van der Waals surface area (Å²) in [5.74, 6) is 0. The topological polar surface area (TPSA) is 21.3 Å². The molecule has 1 unspecified atom stereocenters. The molecule has 1 aromatic carbocycles. The Morgan fingerprint density at radius 2 is 2.28 bits per heavy atom. The second-order valence-corrected chi connectivity index (χ2v) is 5.77. The van der Waals surface area contributed by atoms with Gasteiger partial charge in [0.05, 0.1) is 6.61 Å². The van der Waals surface area contributed by atoms with Crippen LogP contribution in [0.15, 0.2) is 22.7 Å². The molecule has 3 heteroatoms. The van der Waals surface area contributed by atoms with Gasteiger partial charge in [-0.3, -0.25) is 0 Å². The van der Waals surface area contributed by atoms with E-state index in [1.165, 1.54) is 41.3 Å². The molecule has 1 N–H and O–H groups in total. The molecule has 0 amide bonds. The number of nitrogens with one attached hydrogen (secondary N) is 1. The Labute approximate surface area is 118 Å². The van der Waals surface area contributed by atoms with E-state index in [1.807, 2.05) is 0 Å². The minimum absolute atomic E-state index is 0.517. The molecule has 0 bridgehead atoms. The fourth-order valence-electron chi connectivity index (χ4n) is 2.45. The highest BCUT2D eigenvalue weighted by Gasteiger charge is 2.21. The normalized spacial score (nSPS) is 18.0. The summed E-state index contributed by atoms with van der Waals surface area (Å²) >= 11 is 3.53. The molecule has 0 saturated carbocycles. The van der Waals surface area contributed by atoms with E-state index in [9.17, 15) is 0 Å². The van der Waals surface area contributed by atoms with Gasteiger partial charge in [-0.1, -0.05) is 35.3 Å². The molecular formula is C15H22BrNO. The van der Waals surface area contributed by atoms with Crippen LogP contribution in [0, 0.1) is 0 Å². The van der Waals surface area contributed by atoms with Crippen LogP contribution >= 0.6 is 15.9 Å². The van der Waals surface area contributed by atoms with E-state index in [4.69, 9.17) is 4.74 Å². The lowest BCUT2D eigenvalue weighted by molar-refractivity contribution is 0.131. The second kappa shape index (κ2) is 7.27. The van der Waals surface area contributed by atoms with Gasteiger partial charge in [0, 0.05) is 23.7 Å². The van der Waals surface area contributed by atoms with E-state index in [2.05, 4.69) is 46.4 Å². The largest absolute Gasteiger partial charge is 0.380 e. The zero-order chi connectivity index (χ0) is 12.8. The number of unbranched alkanes of at least 4 members (excludes halogenated alkanes) is 1. The van der Waals surface area contributed by atoms with Crippen LogP contribution in [-0.2, 0) is 11.2 Å². The van der Waals surface area contributed by atoms with Crippen molar-refractivity contribution in [1.29, 1.82) is 0 Å². The summed E-state index contributed by atoms with van der Waals surface area (Å²) in [6, 6.07) is 7.13. The number of hydrogen-bond acceptors (Lipinski definition) is 2. The fraction of sp³-hybridized carbons (Fsp3) is 0.600. The van der Waals surface area contributed by atoms with Gasteiger partial charge in [0.25, 0.3) is 0 Å². The van der Waals surface area contributed by atoms with Crippen LogP contribution in [0.4, 0.5) is 0 Å². The first-order valence-corrected chi connectivity index (χ1v) is 7.70. The number of fused-ring (bicyclic) bond motifs is 1. The third-order valence-electron chi connectivity index (χ3n) is 3.46. The van der Waals surface area contributed by atoms with Crippen LogP contribution in [0.1, 0.15) is 43.4 Å².